The number of aromatic nitrogens is 2. The van der Waals surface area contributed by atoms with E-state index in [1.807, 2.05) is 18.4 Å². The third kappa shape index (κ3) is 1.36. The van der Waals surface area contributed by atoms with Gasteiger partial charge in [-0.2, -0.15) is 0 Å². The predicted octanol–water partition coefficient (Wildman–Crippen LogP) is 1.33. The maximum absolute atomic E-state index is 10.6. The average molecular weight is 171 g/mol. The minimum Gasteiger partial charge on any atom is -0.306 e. The number of para-hydroxylation sites is 1. The highest BCUT2D eigenvalue weighted by atomic mass is 16.1. The molecule has 0 aliphatic heterocycles. The minimum absolute atomic E-state index is 0.542. The van der Waals surface area contributed by atoms with Crippen LogP contribution in [0.4, 0.5) is 0 Å². The van der Waals surface area contributed by atoms with Gasteiger partial charge in [-0.05, 0) is 12.1 Å². The minimum atomic E-state index is 0.542. The summed E-state index contributed by atoms with van der Waals surface area (Å²) >= 11 is 0. The van der Waals surface area contributed by atoms with Gasteiger partial charge in [-0.25, -0.2) is 4.98 Å². The molecule has 2 aromatic rings. The molecule has 0 aliphatic rings. The molecular weight excluding hydrogens is 164 g/mol. The second-order valence-corrected chi connectivity index (χ2v) is 2.59. The molecule has 0 saturated carbocycles. The van der Waals surface area contributed by atoms with Gasteiger partial charge in [0.05, 0.1) is 17.6 Å². The number of imidazole rings is 1. The summed E-state index contributed by atoms with van der Waals surface area (Å²) in [5, 5.41) is 0. The molecule has 0 amide bonds. The van der Waals surface area contributed by atoms with Gasteiger partial charge in [0.15, 0.2) is 0 Å². The Hall–Kier alpha value is -1.90. The van der Waals surface area contributed by atoms with Gasteiger partial charge in [0.25, 0.3) is 0 Å². The first-order valence-electron chi connectivity index (χ1n) is 3.87. The molecule has 0 bridgehead atoms. The zero-order chi connectivity index (χ0) is 9.10. The van der Waals surface area contributed by atoms with E-state index in [4.69, 9.17) is 0 Å². The molecule has 1 aromatic carbocycles. The Bertz CT molecular complexity index is 407. The Morgan fingerprint density at radius 2 is 2.15 bits per heavy atom. The van der Waals surface area contributed by atoms with Gasteiger partial charge in [0, 0.05) is 12.4 Å². The van der Waals surface area contributed by atoms with Gasteiger partial charge in [0.1, 0.15) is 0 Å². The maximum atomic E-state index is 10.6. The van der Waals surface area contributed by atoms with E-state index in [0.29, 0.717) is 5.56 Å². The Morgan fingerprint density at radius 1 is 1.31 bits per heavy atom. The van der Waals surface area contributed by atoms with E-state index < -0.39 is 0 Å². The van der Waals surface area contributed by atoms with Crippen LogP contribution < -0.4 is 0 Å². The molecule has 1 aromatic heterocycles. The summed E-state index contributed by atoms with van der Waals surface area (Å²) in [7, 11) is 0. The van der Waals surface area contributed by atoms with Crippen LogP contribution in [0.3, 0.4) is 0 Å². The van der Waals surface area contributed by atoms with Crippen LogP contribution >= 0.6 is 0 Å². The molecule has 2 rings (SSSR count). The van der Waals surface area contributed by atoms with Crippen LogP contribution in [0.1, 0.15) is 5.56 Å². The second kappa shape index (κ2) is 3.23. The van der Waals surface area contributed by atoms with Crippen LogP contribution in [0.25, 0.3) is 5.69 Å². The average Bonchev–Trinajstić information content (AvgIpc) is 2.70. The van der Waals surface area contributed by atoms with Crippen LogP contribution in [-0.2, 0) is 4.79 Å². The molecule has 0 spiro atoms. The third-order valence-corrected chi connectivity index (χ3v) is 1.80. The first kappa shape index (κ1) is 7.73. The molecule has 0 unspecified atom stereocenters. The SMILES string of the molecule is O=[C]c1ccccc1-n1ccnc1. The highest BCUT2D eigenvalue weighted by molar-refractivity contribution is 5.81. The van der Waals surface area contributed by atoms with Crippen molar-refractivity contribution in [3.05, 3.63) is 48.5 Å². The lowest BCUT2D eigenvalue weighted by Gasteiger charge is -2.02. The smallest absolute Gasteiger partial charge is 0.235 e. The normalized spacial score (nSPS) is 9.85. The van der Waals surface area contributed by atoms with E-state index >= 15 is 0 Å². The fourth-order valence-electron chi connectivity index (χ4n) is 1.19. The Balaban J connectivity index is 2.57. The van der Waals surface area contributed by atoms with Gasteiger partial charge in [0.2, 0.25) is 6.29 Å². The summed E-state index contributed by atoms with van der Waals surface area (Å²) in [5.74, 6) is 0. The quantitative estimate of drug-likeness (QED) is 0.683. The molecular formula is C10H7N2O. The largest absolute Gasteiger partial charge is 0.306 e. The Labute approximate surface area is 75.7 Å². The topological polar surface area (TPSA) is 34.9 Å². The Kier molecular flexibility index (Phi) is 1.92. The van der Waals surface area contributed by atoms with Crippen molar-refractivity contribution in [2.24, 2.45) is 0 Å². The molecule has 0 saturated heterocycles. The molecule has 0 aliphatic carbocycles. The summed E-state index contributed by atoms with van der Waals surface area (Å²) in [6.45, 7) is 0. The lowest BCUT2D eigenvalue weighted by atomic mass is 10.2. The number of benzene rings is 1. The Morgan fingerprint density at radius 3 is 2.85 bits per heavy atom. The monoisotopic (exact) mass is 171 g/mol. The summed E-state index contributed by atoms with van der Waals surface area (Å²) in [6.07, 6.45) is 6.99. The van der Waals surface area contributed by atoms with E-state index in [9.17, 15) is 4.79 Å². The molecule has 0 fully saturated rings. The summed E-state index contributed by atoms with van der Waals surface area (Å²) in [6, 6.07) is 7.25. The van der Waals surface area contributed by atoms with Crippen LogP contribution in [0.2, 0.25) is 0 Å². The van der Waals surface area contributed by atoms with Crippen molar-refractivity contribution in [2.45, 2.75) is 0 Å². The van der Waals surface area contributed by atoms with Crippen molar-refractivity contribution in [1.29, 1.82) is 0 Å². The third-order valence-electron chi connectivity index (χ3n) is 1.80. The molecule has 13 heavy (non-hydrogen) atoms. The summed E-state index contributed by atoms with van der Waals surface area (Å²) in [5.41, 5.74) is 1.34. The second-order valence-electron chi connectivity index (χ2n) is 2.59. The summed E-state index contributed by atoms with van der Waals surface area (Å²) < 4.78 is 1.78. The van der Waals surface area contributed by atoms with Gasteiger partial charge in [-0.1, -0.05) is 12.1 Å². The van der Waals surface area contributed by atoms with Crippen LogP contribution in [0, 0.1) is 0 Å². The highest BCUT2D eigenvalue weighted by Gasteiger charge is 2.01. The lowest BCUT2D eigenvalue weighted by molar-refractivity contribution is 0.562. The molecule has 1 heterocycles. The van der Waals surface area contributed by atoms with E-state index in [2.05, 4.69) is 4.98 Å². The van der Waals surface area contributed by atoms with Gasteiger partial charge in [-0.15, -0.1) is 0 Å². The van der Waals surface area contributed by atoms with Crippen LogP contribution in [0.15, 0.2) is 43.0 Å². The number of hydrogen-bond donors (Lipinski definition) is 0. The maximum Gasteiger partial charge on any atom is 0.235 e. The van der Waals surface area contributed by atoms with Crippen molar-refractivity contribution >= 4 is 6.29 Å². The number of nitrogens with zero attached hydrogens (tertiary/aromatic N) is 2. The number of rotatable bonds is 2. The first-order valence-corrected chi connectivity index (χ1v) is 3.87. The van der Waals surface area contributed by atoms with E-state index in [1.54, 1.807) is 35.4 Å². The van der Waals surface area contributed by atoms with Gasteiger partial charge >= 0.3 is 0 Å². The fourth-order valence-corrected chi connectivity index (χ4v) is 1.19. The molecule has 1 radical (unpaired) electrons. The molecule has 0 N–H and O–H groups in total. The van der Waals surface area contributed by atoms with Crippen molar-refractivity contribution in [1.82, 2.24) is 9.55 Å². The van der Waals surface area contributed by atoms with Gasteiger partial charge in [-0.3, -0.25) is 4.79 Å². The first-order chi connectivity index (χ1) is 6.42. The van der Waals surface area contributed by atoms with Crippen molar-refractivity contribution in [3.8, 4) is 5.69 Å². The zero-order valence-corrected chi connectivity index (χ0v) is 6.84. The van der Waals surface area contributed by atoms with Crippen molar-refractivity contribution in [3.63, 3.8) is 0 Å². The predicted molar refractivity (Wildman–Crippen MR) is 48.4 cm³/mol. The molecule has 3 heteroatoms. The van der Waals surface area contributed by atoms with E-state index in [0.717, 1.165) is 5.69 Å². The molecule has 63 valence electrons. The van der Waals surface area contributed by atoms with Crippen molar-refractivity contribution < 1.29 is 4.79 Å². The summed E-state index contributed by atoms with van der Waals surface area (Å²) in [4.78, 5) is 14.5. The van der Waals surface area contributed by atoms with Crippen LogP contribution in [0.5, 0.6) is 0 Å². The standard InChI is InChI=1S/C10H7N2O/c13-7-9-3-1-2-4-10(9)12-6-5-11-8-12/h1-6,8H. The molecule has 3 nitrogen and oxygen atoms in total. The fraction of sp³-hybridized carbons (Fsp3) is 0. The zero-order valence-electron chi connectivity index (χ0n) is 6.84. The highest BCUT2D eigenvalue weighted by Crippen LogP contribution is 2.10. The number of carbonyl (C=O) groups excluding carboxylic acids is 1. The molecule has 0 atom stereocenters. The van der Waals surface area contributed by atoms with E-state index in [-0.39, 0.29) is 0 Å². The van der Waals surface area contributed by atoms with Crippen LogP contribution in [-0.4, -0.2) is 15.8 Å². The van der Waals surface area contributed by atoms with Crippen molar-refractivity contribution in [2.75, 3.05) is 0 Å². The van der Waals surface area contributed by atoms with E-state index in [1.165, 1.54) is 0 Å². The van der Waals surface area contributed by atoms with Gasteiger partial charge < -0.3 is 4.57 Å². The lowest BCUT2D eigenvalue weighted by Crippen LogP contribution is -1.95. The number of hydrogen-bond acceptors (Lipinski definition) is 2.